The molecule has 0 heterocycles. The summed E-state index contributed by atoms with van der Waals surface area (Å²) in [6, 6.07) is 8.56. The molecular weight excluding hydrogens is 212 g/mol. The number of rotatable bonds is 7. The molecular formula is C14H24N2O. The van der Waals surface area contributed by atoms with E-state index in [0.717, 1.165) is 31.9 Å². The van der Waals surface area contributed by atoms with Gasteiger partial charge in [-0.05, 0) is 45.0 Å². The maximum atomic E-state index is 5.76. The number of hydrogen-bond acceptors (Lipinski definition) is 3. The Hall–Kier alpha value is -1.06. The van der Waals surface area contributed by atoms with Crippen LogP contribution in [-0.4, -0.2) is 37.7 Å². The van der Waals surface area contributed by atoms with Crippen LogP contribution in [0, 0.1) is 0 Å². The molecule has 1 rings (SSSR count). The fraction of sp³-hybridized carbons (Fsp3) is 0.571. The van der Waals surface area contributed by atoms with Crippen molar-refractivity contribution in [2.75, 3.05) is 26.7 Å². The summed E-state index contributed by atoms with van der Waals surface area (Å²) in [5, 5.41) is 0. The van der Waals surface area contributed by atoms with E-state index in [9.17, 15) is 0 Å². The van der Waals surface area contributed by atoms with Gasteiger partial charge in [-0.2, -0.15) is 0 Å². The zero-order chi connectivity index (χ0) is 12.7. The van der Waals surface area contributed by atoms with Crippen LogP contribution in [0.15, 0.2) is 24.3 Å². The maximum absolute atomic E-state index is 5.76. The van der Waals surface area contributed by atoms with Crippen molar-refractivity contribution in [3.8, 4) is 5.75 Å². The van der Waals surface area contributed by atoms with Crippen LogP contribution in [0.2, 0.25) is 0 Å². The highest BCUT2D eigenvalue weighted by Crippen LogP contribution is 2.12. The standard InChI is InChI=1S/C14H24N2O/c1-4-17-14-7-5-13(6-8-14)9-10-16(3)11-12(2)15/h5-8,12H,4,9-11,15H2,1-3H3. The Morgan fingerprint density at radius 2 is 1.94 bits per heavy atom. The monoisotopic (exact) mass is 236 g/mol. The molecule has 96 valence electrons. The molecule has 0 radical (unpaired) electrons. The topological polar surface area (TPSA) is 38.5 Å². The summed E-state index contributed by atoms with van der Waals surface area (Å²) >= 11 is 0. The molecule has 0 saturated heterocycles. The lowest BCUT2D eigenvalue weighted by Gasteiger charge is -2.18. The molecule has 3 nitrogen and oxygen atoms in total. The minimum absolute atomic E-state index is 0.236. The van der Waals surface area contributed by atoms with Crippen LogP contribution in [-0.2, 0) is 6.42 Å². The molecule has 0 aromatic heterocycles. The van der Waals surface area contributed by atoms with E-state index in [1.54, 1.807) is 0 Å². The van der Waals surface area contributed by atoms with Crippen molar-refractivity contribution < 1.29 is 4.74 Å². The lowest BCUT2D eigenvalue weighted by Crippen LogP contribution is -2.34. The molecule has 1 unspecified atom stereocenters. The van der Waals surface area contributed by atoms with Gasteiger partial charge in [-0.3, -0.25) is 0 Å². The highest BCUT2D eigenvalue weighted by atomic mass is 16.5. The van der Waals surface area contributed by atoms with Crippen molar-refractivity contribution in [2.45, 2.75) is 26.3 Å². The molecule has 0 aliphatic heterocycles. The number of hydrogen-bond donors (Lipinski definition) is 1. The van der Waals surface area contributed by atoms with E-state index in [2.05, 4.69) is 24.1 Å². The fourth-order valence-corrected chi connectivity index (χ4v) is 1.82. The third-order valence-electron chi connectivity index (χ3n) is 2.62. The number of likely N-dealkylation sites (N-methyl/N-ethyl adjacent to an activating group) is 1. The number of ether oxygens (including phenoxy) is 1. The average molecular weight is 236 g/mol. The lowest BCUT2D eigenvalue weighted by atomic mass is 10.1. The summed E-state index contributed by atoms with van der Waals surface area (Å²) in [4.78, 5) is 2.27. The zero-order valence-electron chi connectivity index (χ0n) is 11.1. The quantitative estimate of drug-likeness (QED) is 0.786. The van der Waals surface area contributed by atoms with E-state index in [1.165, 1.54) is 5.56 Å². The van der Waals surface area contributed by atoms with Crippen LogP contribution in [0.4, 0.5) is 0 Å². The number of nitrogens with two attached hydrogens (primary N) is 1. The molecule has 1 aromatic rings. The molecule has 0 aliphatic carbocycles. The van der Waals surface area contributed by atoms with Gasteiger partial charge < -0.3 is 15.4 Å². The Morgan fingerprint density at radius 3 is 2.47 bits per heavy atom. The largest absolute Gasteiger partial charge is 0.494 e. The van der Waals surface area contributed by atoms with Gasteiger partial charge >= 0.3 is 0 Å². The molecule has 3 heteroatoms. The van der Waals surface area contributed by atoms with Gasteiger partial charge in [0.25, 0.3) is 0 Å². The smallest absolute Gasteiger partial charge is 0.119 e. The first-order valence-electron chi connectivity index (χ1n) is 6.27. The van der Waals surface area contributed by atoms with Crippen molar-refractivity contribution in [1.29, 1.82) is 0 Å². The predicted octanol–water partition coefficient (Wildman–Crippen LogP) is 1.91. The van der Waals surface area contributed by atoms with Gasteiger partial charge in [0.2, 0.25) is 0 Å². The third-order valence-corrected chi connectivity index (χ3v) is 2.62. The van der Waals surface area contributed by atoms with E-state index in [4.69, 9.17) is 10.5 Å². The van der Waals surface area contributed by atoms with Crippen molar-refractivity contribution >= 4 is 0 Å². The van der Waals surface area contributed by atoms with Gasteiger partial charge in [-0.1, -0.05) is 12.1 Å². The van der Waals surface area contributed by atoms with Crippen molar-refractivity contribution in [1.82, 2.24) is 4.90 Å². The second-order valence-electron chi connectivity index (χ2n) is 4.57. The summed E-state index contributed by atoms with van der Waals surface area (Å²) < 4.78 is 5.41. The molecule has 0 bridgehead atoms. The van der Waals surface area contributed by atoms with E-state index in [-0.39, 0.29) is 6.04 Å². The molecule has 0 saturated carbocycles. The number of benzene rings is 1. The van der Waals surface area contributed by atoms with Crippen LogP contribution in [0.3, 0.4) is 0 Å². The first kappa shape index (κ1) is 14.0. The third kappa shape index (κ3) is 5.71. The molecule has 0 fully saturated rings. The van der Waals surface area contributed by atoms with Crippen LogP contribution in [0.25, 0.3) is 0 Å². The van der Waals surface area contributed by atoms with Crippen molar-refractivity contribution in [3.05, 3.63) is 29.8 Å². The van der Waals surface area contributed by atoms with Gasteiger partial charge in [0, 0.05) is 19.1 Å². The van der Waals surface area contributed by atoms with Crippen LogP contribution in [0.5, 0.6) is 5.75 Å². The summed E-state index contributed by atoms with van der Waals surface area (Å²) in [5.41, 5.74) is 7.10. The Balaban J connectivity index is 2.36. The minimum Gasteiger partial charge on any atom is -0.494 e. The van der Waals surface area contributed by atoms with Gasteiger partial charge in [0.05, 0.1) is 6.61 Å². The molecule has 0 amide bonds. The molecule has 1 aromatic carbocycles. The summed E-state index contributed by atoms with van der Waals surface area (Å²) in [7, 11) is 2.11. The van der Waals surface area contributed by atoms with E-state index in [0.29, 0.717) is 0 Å². The Kier molecular flexibility index (Phi) is 6.01. The van der Waals surface area contributed by atoms with Crippen LogP contribution < -0.4 is 10.5 Å². The summed E-state index contributed by atoms with van der Waals surface area (Å²) in [6.07, 6.45) is 1.05. The molecule has 0 spiro atoms. The Labute approximate surface area is 105 Å². The van der Waals surface area contributed by atoms with Gasteiger partial charge in [0.1, 0.15) is 5.75 Å². The Morgan fingerprint density at radius 1 is 1.29 bits per heavy atom. The van der Waals surface area contributed by atoms with Gasteiger partial charge in [-0.25, -0.2) is 0 Å². The maximum Gasteiger partial charge on any atom is 0.119 e. The SMILES string of the molecule is CCOc1ccc(CCN(C)CC(C)N)cc1. The fourth-order valence-electron chi connectivity index (χ4n) is 1.82. The average Bonchev–Trinajstić information content (AvgIpc) is 2.28. The summed E-state index contributed by atoms with van der Waals surface area (Å²) in [5.74, 6) is 0.945. The van der Waals surface area contributed by atoms with E-state index in [1.807, 2.05) is 26.0 Å². The molecule has 0 aliphatic rings. The molecule has 2 N–H and O–H groups in total. The number of nitrogens with zero attached hydrogens (tertiary/aromatic N) is 1. The predicted molar refractivity (Wildman–Crippen MR) is 72.5 cm³/mol. The Bertz CT molecular complexity index is 309. The second-order valence-corrected chi connectivity index (χ2v) is 4.57. The highest BCUT2D eigenvalue weighted by molar-refractivity contribution is 5.27. The highest BCUT2D eigenvalue weighted by Gasteiger charge is 2.02. The van der Waals surface area contributed by atoms with Crippen LogP contribution in [0.1, 0.15) is 19.4 Å². The van der Waals surface area contributed by atoms with Gasteiger partial charge in [-0.15, -0.1) is 0 Å². The lowest BCUT2D eigenvalue weighted by molar-refractivity contribution is 0.321. The first-order valence-corrected chi connectivity index (χ1v) is 6.27. The van der Waals surface area contributed by atoms with Crippen LogP contribution >= 0.6 is 0 Å². The first-order chi connectivity index (χ1) is 8.11. The zero-order valence-corrected chi connectivity index (χ0v) is 11.1. The van der Waals surface area contributed by atoms with E-state index < -0.39 is 0 Å². The second kappa shape index (κ2) is 7.30. The van der Waals surface area contributed by atoms with Crippen molar-refractivity contribution in [3.63, 3.8) is 0 Å². The molecule has 1 atom stereocenters. The summed E-state index contributed by atoms with van der Waals surface area (Å²) in [6.45, 7) is 6.73. The normalized spacial score (nSPS) is 12.8. The molecule has 17 heavy (non-hydrogen) atoms. The van der Waals surface area contributed by atoms with Crippen molar-refractivity contribution in [2.24, 2.45) is 5.73 Å². The van der Waals surface area contributed by atoms with E-state index >= 15 is 0 Å². The van der Waals surface area contributed by atoms with Gasteiger partial charge in [0.15, 0.2) is 0 Å². The minimum atomic E-state index is 0.236.